The van der Waals surface area contributed by atoms with Crippen molar-refractivity contribution >= 4 is 33.2 Å². The molecule has 0 aliphatic rings. The first-order valence-corrected chi connectivity index (χ1v) is 4.96. The van der Waals surface area contributed by atoms with E-state index in [2.05, 4.69) is 20.9 Å². The minimum Gasteiger partial charge on any atom is -0.304 e. The molecular weight excluding hydrogens is 296 g/mol. The Bertz CT molecular complexity index is 520. The molecule has 2 aromatic heterocycles. The van der Waals surface area contributed by atoms with Crippen molar-refractivity contribution in [3.63, 3.8) is 0 Å². The van der Waals surface area contributed by atoms with E-state index < -0.39 is 11.7 Å². The van der Waals surface area contributed by atoms with Gasteiger partial charge in [-0.1, -0.05) is 11.6 Å². The van der Waals surface area contributed by atoms with Gasteiger partial charge in [0.05, 0.1) is 5.02 Å². The zero-order valence-electron chi connectivity index (χ0n) is 7.02. The van der Waals surface area contributed by atoms with Crippen molar-refractivity contribution in [3.8, 4) is 0 Å². The maximum atomic E-state index is 12.6. The Morgan fingerprint density at radius 1 is 1.33 bits per heavy atom. The number of rotatable bonds is 0. The van der Waals surface area contributed by atoms with Crippen molar-refractivity contribution in [2.24, 2.45) is 0 Å². The van der Waals surface area contributed by atoms with E-state index in [9.17, 15) is 13.2 Å². The van der Waals surface area contributed by atoms with E-state index in [0.29, 0.717) is 4.60 Å². The Kier molecular flexibility index (Phi) is 2.42. The second kappa shape index (κ2) is 3.38. The van der Waals surface area contributed by atoms with Crippen LogP contribution in [0.1, 0.15) is 5.56 Å². The van der Waals surface area contributed by atoms with Crippen molar-refractivity contribution < 1.29 is 13.2 Å². The van der Waals surface area contributed by atoms with Gasteiger partial charge >= 0.3 is 6.18 Å². The van der Waals surface area contributed by atoms with Gasteiger partial charge in [-0.05, 0) is 22.0 Å². The molecule has 0 fully saturated rings. The van der Waals surface area contributed by atoms with Gasteiger partial charge in [-0.3, -0.25) is 0 Å². The lowest BCUT2D eigenvalue weighted by molar-refractivity contribution is -0.136. The van der Waals surface area contributed by atoms with Gasteiger partial charge in [-0.25, -0.2) is 4.98 Å². The fourth-order valence-electron chi connectivity index (χ4n) is 1.24. The summed E-state index contributed by atoms with van der Waals surface area (Å²) >= 11 is 8.58. The normalized spacial score (nSPS) is 12.3. The number of aromatic nitrogens is 2. The summed E-state index contributed by atoms with van der Waals surface area (Å²) in [6, 6.07) is 0.857. The Hall–Kier alpha value is -0.750. The maximum absolute atomic E-state index is 12.6. The first-order chi connectivity index (χ1) is 6.88. The standard InChI is InChI=1S/C8H3BrClF3N2/c9-6-3-15-2-4(10)1-5(7(15)14-6)8(11,12)13/h1-3H. The third-order valence-electron chi connectivity index (χ3n) is 1.79. The molecule has 0 aliphatic carbocycles. The third-order valence-corrected chi connectivity index (χ3v) is 2.38. The van der Waals surface area contributed by atoms with E-state index >= 15 is 0 Å². The van der Waals surface area contributed by atoms with E-state index in [-0.39, 0.29) is 10.7 Å². The van der Waals surface area contributed by atoms with Crippen LogP contribution in [0.3, 0.4) is 0 Å². The van der Waals surface area contributed by atoms with Gasteiger partial charge in [-0.15, -0.1) is 0 Å². The summed E-state index contributed by atoms with van der Waals surface area (Å²) < 4.78 is 39.3. The highest BCUT2D eigenvalue weighted by atomic mass is 79.9. The zero-order valence-corrected chi connectivity index (χ0v) is 9.36. The second-order valence-corrected chi connectivity index (χ2v) is 4.11. The second-order valence-electron chi connectivity index (χ2n) is 2.86. The number of hydrogen-bond donors (Lipinski definition) is 0. The predicted octanol–water partition coefficient (Wildman–Crippen LogP) is 3.77. The topological polar surface area (TPSA) is 17.3 Å². The Labute approximate surface area is 95.8 Å². The number of nitrogens with zero attached hydrogens (tertiary/aromatic N) is 2. The molecule has 0 unspecified atom stereocenters. The van der Waals surface area contributed by atoms with Crippen LogP contribution in [0.4, 0.5) is 13.2 Å². The van der Waals surface area contributed by atoms with Crippen molar-refractivity contribution in [3.05, 3.63) is 33.6 Å². The van der Waals surface area contributed by atoms with Crippen molar-refractivity contribution in [1.82, 2.24) is 9.38 Å². The third kappa shape index (κ3) is 1.96. The summed E-state index contributed by atoms with van der Waals surface area (Å²) in [5.41, 5.74) is -1.01. The van der Waals surface area contributed by atoms with Crippen LogP contribution in [0, 0.1) is 0 Å². The summed E-state index contributed by atoms with van der Waals surface area (Å²) in [5.74, 6) is 0. The van der Waals surface area contributed by atoms with Crippen LogP contribution in [0.15, 0.2) is 23.1 Å². The van der Waals surface area contributed by atoms with Gasteiger partial charge in [0, 0.05) is 12.4 Å². The first-order valence-electron chi connectivity index (χ1n) is 3.79. The summed E-state index contributed by atoms with van der Waals surface area (Å²) in [6.45, 7) is 0. The van der Waals surface area contributed by atoms with E-state index in [1.807, 2.05) is 0 Å². The average Bonchev–Trinajstić information content (AvgIpc) is 2.41. The summed E-state index contributed by atoms with van der Waals surface area (Å²) in [4.78, 5) is 3.72. The molecule has 2 aromatic rings. The molecule has 2 nitrogen and oxygen atoms in total. The summed E-state index contributed by atoms with van der Waals surface area (Å²) in [5, 5.41) is 0.0136. The highest BCUT2D eigenvalue weighted by molar-refractivity contribution is 9.10. The first kappa shape index (κ1) is 10.8. The molecule has 0 saturated heterocycles. The van der Waals surface area contributed by atoms with E-state index in [0.717, 1.165) is 6.07 Å². The lowest BCUT2D eigenvalue weighted by Crippen LogP contribution is -2.07. The molecule has 0 atom stereocenters. The van der Waals surface area contributed by atoms with Gasteiger partial charge in [0.1, 0.15) is 10.2 Å². The number of hydrogen-bond acceptors (Lipinski definition) is 1. The van der Waals surface area contributed by atoms with E-state index in [1.54, 1.807) is 0 Å². The molecule has 0 aromatic carbocycles. The average molecular weight is 299 g/mol. The molecule has 0 amide bonds. The van der Waals surface area contributed by atoms with Gasteiger partial charge in [0.25, 0.3) is 0 Å². The smallest absolute Gasteiger partial charge is 0.304 e. The van der Waals surface area contributed by atoms with Gasteiger partial charge in [0.15, 0.2) is 5.65 Å². The molecule has 0 radical (unpaired) electrons. The number of pyridine rings is 1. The van der Waals surface area contributed by atoms with Crippen LogP contribution >= 0.6 is 27.5 Å². The number of halogens is 5. The number of imidazole rings is 1. The van der Waals surface area contributed by atoms with E-state index in [4.69, 9.17) is 11.6 Å². The van der Waals surface area contributed by atoms with Crippen LogP contribution in [-0.2, 0) is 6.18 Å². The molecule has 0 spiro atoms. The fourth-order valence-corrected chi connectivity index (χ4v) is 1.85. The lowest BCUT2D eigenvalue weighted by atomic mass is 10.2. The molecule has 2 rings (SSSR count). The Morgan fingerprint density at radius 2 is 2.00 bits per heavy atom. The molecule has 7 heteroatoms. The van der Waals surface area contributed by atoms with Crippen molar-refractivity contribution in [2.45, 2.75) is 6.18 Å². The van der Waals surface area contributed by atoms with Gasteiger partial charge in [0.2, 0.25) is 0 Å². The molecule has 80 valence electrons. The molecule has 2 heterocycles. The minimum atomic E-state index is -4.46. The lowest BCUT2D eigenvalue weighted by Gasteiger charge is -2.08. The highest BCUT2D eigenvalue weighted by Gasteiger charge is 2.34. The summed E-state index contributed by atoms with van der Waals surface area (Å²) in [7, 11) is 0. The van der Waals surface area contributed by atoms with Crippen molar-refractivity contribution in [1.29, 1.82) is 0 Å². The van der Waals surface area contributed by atoms with Crippen LogP contribution in [-0.4, -0.2) is 9.38 Å². The molecule has 0 bridgehead atoms. The SMILES string of the molecule is FC(F)(F)c1cc(Cl)cn2cc(Br)nc12. The zero-order chi connectivity index (χ0) is 11.2. The van der Waals surface area contributed by atoms with Gasteiger partial charge in [-0.2, -0.15) is 13.2 Å². The van der Waals surface area contributed by atoms with Crippen LogP contribution in [0.5, 0.6) is 0 Å². The molecule has 0 N–H and O–H groups in total. The van der Waals surface area contributed by atoms with E-state index in [1.165, 1.54) is 16.8 Å². The van der Waals surface area contributed by atoms with Gasteiger partial charge < -0.3 is 4.40 Å². The highest BCUT2D eigenvalue weighted by Crippen LogP contribution is 2.34. The molecular formula is C8H3BrClF3N2. The predicted molar refractivity (Wildman–Crippen MR) is 52.9 cm³/mol. The molecule has 15 heavy (non-hydrogen) atoms. The quantitative estimate of drug-likeness (QED) is 0.724. The van der Waals surface area contributed by atoms with Crippen LogP contribution in [0.2, 0.25) is 5.02 Å². The minimum absolute atomic E-state index is 0.0136. The van der Waals surface area contributed by atoms with Crippen LogP contribution < -0.4 is 0 Å². The molecule has 0 aliphatic heterocycles. The number of alkyl halides is 3. The largest absolute Gasteiger partial charge is 0.420 e. The van der Waals surface area contributed by atoms with Crippen LogP contribution in [0.25, 0.3) is 5.65 Å². The monoisotopic (exact) mass is 298 g/mol. The summed E-state index contributed by atoms with van der Waals surface area (Å²) in [6.07, 6.45) is -1.68. The Balaban J connectivity index is 2.82. The number of fused-ring (bicyclic) bond motifs is 1. The Morgan fingerprint density at radius 3 is 2.60 bits per heavy atom. The van der Waals surface area contributed by atoms with Crippen molar-refractivity contribution in [2.75, 3.05) is 0 Å². The molecule has 0 saturated carbocycles. The maximum Gasteiger partial charge on any atom is 0.420 e. The fraction of sp³-hybridized carbons (Fsp3) is 0.125.